The molecule has 1 aliphatic heterocycles. The summed E-state index contributed by atoms with van der Waals surface area (Å²) in [7, 11) is 1.75. The molecule has 19 heavy (non-hydrogen) atoms. The Labute approximate surface area is 116 Å². The van der Waals surface area contributed by atoms with Gasteiger partial charge in [0.25, 0.3) is 0 Å². The average Bonchev–Trinajstić information content (AvgIpc) is 2.38. The van der Waals surface area contributed by atoms with Crippen molar-refractivity contribution >= 4 is 5.69 Å². The summed E-state index contributed by atoms with van der Waals surface area (Å²) >= 11 is 0. The van der Waals surface area contributed by atoms with Gasteiger partial charge >= 0.3 is 0 Å². The second-order valence-corrected chi connectivity index (χ2v) is 5.95. The van der Waals surface area contributed by atoms with Crippen molar-refractivity contribution in [1.82, 2.24) is 5.32 Å². The smallest absolute Gasteiger partial charge is 0.142 e. The summed E-state index contributed by atoms with van der Waals surface area (Å²) in [5, 5.41) is 3.58. The molecule has 1 N–H and O–H groups in total. The van der Waals surface area contributed by atoms with Gasteiger partial charge in [0.05, 0.1) is 12.8 Å². The van der Waals surface area contributed by atoms with E-state index in [1.54, 1.807) is 7.11 Å². The molecule has 3 heteroatoms. The van der Waals surface area contributed by atoms with Crippen LogP contribution in [0.3, 0.4) is 0 Å². The first-order valence-corrected chi connectivity index (χ1v) is 7.17. The topological polar surface area (TPSA) is 24.5 Å². The average molecular weight is 262 g/mol. The number of nitrogens with zero attached hydrogens (tertiary/aromatic N) is 1. The quantitative estimate of drug-likeness (QED) is 0.906. The molecular formula is C16H26N2O. The summed E-state index contributed by atoms with van der Waals surface area (Å²) in [4.78, 5) is 2.51. The van der Waals surface area contributed by atoms with Crippen molar-refractivity contribution in [2.45, 2.75) is 39.8 Å². The third-order valence-corrected chi connectivity index (χ3v) is 3.96. The van der Waals surface area contributed by atoms with Gasteiger partial charge in [-0.25, -0.2) is 0 Å². The zero-order chi connectivity index (χ0) is 14.0. The Morgan fingerprint density at radius 3 is 2.74 bits per heavy atom. The molecule has 0 bridgehead atoms. The van der Waals surface area contributed by atoms with Crippen molar-refractivity contribution in [1.29, 1.82) is 0 Å². The van der Waals surface area contributed by atoms with Gasteiger partial charge in [-0.2, -0.15) is 0 Å². The number of hydrogen-bond donors (Lipinski definition) is 1. The molecular weight excluding hydrogens is 236 g/mol. The Kier molecular flexibility index (Phi) is 4.35. The molecule has 0 aliphatic carbocycles. The molecule has 2 atom stereocenters. The minimum atomic E-state index is 0.514. The summed E-state index contributed by atoms with van der Waals surface area (Å²) in [5.41, 5.74) is 2.51. The number of rotatable bonds is 3. The lowest BCUT2D eigenvalue weighted by atomic mass is 9.97. The van der Waals surface area contributed by atoms with E-state index in [0.717, 1.165) is 18.8 Å². The van der Waals surface area contributed by atoms with E-state index in [4.69, 9.17) is 4.74 Å². The molecule has 1 fully saturated rings. The Morgan fingerprint density at radius 1 is 1.37 bits per heavy atom. The van der Waals surface area contributed by atoms with Gasteiger partial charge in [-0.1, -0.05) is 19.9 Å². The summed E-state index contributed by atoms with van der Waals surface area (Å²) < 4.78 is 5.55. The first kappa shape index (κ1) is 14.2. The Balaban J connectivity index is 2.38. The molecule has 1 aliphatic rings. The number of anilines is 1. The van der Waals surface area contributed by atoms with Crippen LogP contribution in [0.4, 0.5) is 5.69 Å². The second kappa shape index (κ2) is 5.83. The van der Waals surface area contributed by atoms with Gasteiger partial charge in [-0.15, -0.1) is 0 Å². The summed E-state index contributed by atoms with van der Waals surface area (Å²) in [6, 6.07) is 7.46. The van der Waals surface area contributed by atoms with Gasteiger partial charge in [0.2, 0.25) is 0 Å². The number of piperazine rings is 1. The number of hydrogen-bond acceptors (Lipinski definition) is 3. The Morgan fingerprint density at radius 2 is 2.11 bits per heavy atom. The molecule has 2 unspecified atom stereocenters. The fourth-order valence-electron chi connectivity index (χ4n) is 2.82. The largest absolute Gasteiger partial charge is 0.495 e. The predicted molar refractivity (Wildman–Crippen MR) is 81.2 cm³/mol. The van der Waals surface area contributed by atoms with Gasteiger partial charge < -0.3 is 15.0 Å². The van der Waals surface area contributed by atoms with Crippen LogP contribution in [0, 0.1) is 12.8 Å². The standard InChI is InChI=1S/C16H26N2O/c1-11(2)15-9-17-13(4)10-18(15)14-8-12(3)6-7-16(14)19-5/h6-8,11,13,15,17H,9-10H2,1-5H3. The maximum Gasteiger partial charge on any atom is 0.142 e. The Bertz CT molecular complexity index is 431. The van der Waals surface area contributed by atoms with Crippen molar-refractivity contribution in [3.63, 3.8) is 0 Å². The fraction of sp³-hybridized carbons (Fsp3) is 0.625. The van der Waals surface area contributed by atoms with Crippen LogP contribution in [0.2, 0.25) is 0 Å². The lowest BCUT2D eigenvalue weighted by Crippen LogP contribution is -2.57. The lowest BCUT2D eigenvalue weighted by molar-refractivity contribution is 0.343. The molecule has 2 rings (SSSR count). The highest BCUT2D eigenvalue weighted by Crippen LogP contribution is 2.33. The molecule has 0 amide bonds. The van der Waals surface area contributed by atoms with E-state index in [1.165, 1.54) is 11.3 Å². The number of nitrogens with one attached hydrogen (secondary N) is 1. The van der Waals surface area contributed by atoms with Crippen LogP contribution in [-0.4, -0.2) is 32.3 Å². The van der Waals surface area contributed by atoms with Crippen LogP contribution in [-0.2, 0) is 0 Å². The van der Waals surface area contributed by atoms with Crippen molar-refractivity contribution in [2.24, 2.45) is 5.92 Å². The van der Waals surface area contributed by atoms with Gasteiger partial charge in [-0.05, 0) is 37.5 Å². The van der Waals surface area contributed by atoms with Gasteiger partial charge in [0, 0.05) is 25.2 Å². The molecule has 1 aromatic carbocycles. The molecule has 0 radical (unpaired) electrons. The number of methoxy groups -OCH3 is 1. The zero-order valence-electron chi connectivity index (χ0n) is 12.7. The van der Waals surface area contributed by atoms with Crippen molar-refractivity contribution in [3.05, 3.63) is 23.8 Å². The van der Waals surface area contributed by atoms with Crippen molar-refractivity contribution in [3.8, 4) is 5.75 Å². The third-order valence-electron chi connectivity index (χ3n) is 3.96. The third kappa shape index (κ3) is 3.03. The Hall–Kier alpha value is -1.22. The summed E-state index contributed by atoms with van der Waals surface area (Å²) in [5.74, 6) is 1.59. The molecule has 106 valence electrons. The van der Waals surface area contributed by atoms with Gasteiger partial charge in [0.15, 0.2) is 0 Å². The minimum Gasteiger partial charge on any atom is -0.495 e. The fourth-order valence-corrected chi connectivity index (χ4v) is 2.82. The van der Waals surface area contributed by atoms with E-state index in [9.17, 15) is 0 Å². The number of ether oxygens (including phenoxy) is 1. The lowest BCUT2D eigenvalue weighted by Gasteiger charge is -2.43. The van der Waals surface area contributed by atoms with E-state index >= 15 is 0 Å². The van der Waals surface area contributed by atoms with Gasteiger partial charge in [-0.3, -0.25) is 0 Å². The first-order chi connectivity index (χ1) is 9.02. The van der Waals surface area contributed by atoms with Crippen molar-refractivity contribution in [2.75, 3.05) is 25.1 Å². The molecule has 0 aromatic heterocycles. The highest BCUT2D eigenvalue weighted by molar-refractivity contribution is 5.61. The van der Waals surface area contributed by atoms with Crippen LogP contribution in [0.15, 0.2) is 18.2 Å². The van der Waals surface area contributed by atoms with Crippen molar-refractivity contribution < 1.29 is 4.74 Å². The first-order valence-electron chi connectivity index (χ1n) is 7.17. The van der Waals surface area contributed by atoms with Crippen LogP contribution in [0.1, 0.15) is 26.3 Å². The van der Waals surface area contributed by atoms with Gasteiger partial charge in [0.1, 0.15) is 5.75 Å². The van der Waals surface area contributed by atoms with E-state index < -0.39 is 0 Å². The summed E-state index contributed by atoms with van der Waals surface area (Å²) in [6.45, 7) is 11.0. The maximum absolute atomic E-state index is 5.55. The SMILES string of the molecule is COc1ccc(C)cc1N1CC(C)NCC1C(C)C. The monoisotopic (exact) mass is 262 g/mol. The highest BCUT2D eigenvalue weighted by atomic mass is 16.5. The van der Waals surface area contributed by atoms with Crippen LogP contribution in [0.25, 0.3) is 0 Å². The van der Waals surface area contributed by atoms with E-state index in [0.29, 0.717) is 18.0 Å². The van der Waals surface area contributed by atoms with Crippen LogP contribution >= 0.6 is 0 Å². The van der Waals surface area contributed by atoms with E-state index in [1.807, 2.05) is 0 Å². The van der Waals surface area contributed by atoms with Crippen LogP contribution in [0.5, 0.6) is 5.75 Å². The molecule has 0 spiro atoms. The maximum atomic E-state index is 5.55. The number of aryl methyl sites for hydroxylation is 1. The molecule has 1 aromatic rings. The van der Waals surface area contributed by atoms with Crippen LogP contribution < -0.4 is 15.0 Å². The minimum absolute atomic E-state index is 0.514. The normalized spacial score (nSPS) is 23.8. The van der Waals surface area contributed by atoms with E-state index in [-0.39, 0.29) is 0 Å². The number of benzene rings is 1. The van der Waals surface area contributed by atoms with E-state index in [2.05, 4.69) is 56.1 Å². The molecule has 1 saturated heterocycles. The highest BCUT2D eigenvalue weighted by Gasteiger charge is 2.29. The predicted octanol–water partition coefficient (Wildman–Crippen LogP) is 2.83. The molecule has 1 heterocycles. The molecule has 3 nitrogen and oxygen atoms in total. The molecule has 0 saturated carbocycles. The second-order valence-electron chi connectivity index (χ2n) is 5.95. The zero-order valence-corrected chi connectivity index (χ0v) is 12.7. The summed E-state index contributed by atoms with van der Waals surface area (Å²) in [6.07, 6.45) is 0.